The highest BCUT2D eigenvalue weighted by Gasteiger charge is 2.30. The van der Waals surface area contributed by atoms with Crippen molar-refractivity contribution >= 4 is 0 Å². The predicted octanol–water partition coefficient (Wildman–Crippen LogP) is 1.88. The van der Waals surface area contributed by atoms with E-state index in [4.69, 9.17) is 4.74 Å². The van der Waals surface area contributed by atoms with Gasteiger partial charge in [0.15, 0.2) is 0 Å². The third-order valence-electron chi connectivity index (χ3n) is 4.40. The lowest BCUT2D eigenvalue weighted by Gasteiger charge is -2.34. The lowest BCUT2D eigenvalue weighted by molar-refractivity contribution is 0.0488. The van der Waals surface area contributed by atoms with Gasteiger partial charge >= 0.3 is 0 Å². The van der Waals surface area contributed by atoms with Crippen molar-refractivity contribution in [2.75, 3.05) is 33.4 Å². The van der Waals surface area contributed by atoms with Crippen molar-refractivity contribution in [3.63, 3.8) is 0 Å². The van der Waals surface area contributed by atoms with Crippen LogP contribution in [0.1, 0.15) is 39.0 Å². The number of hydrogen-bond donors (Lipinski definition) is 1. The minimum Gasteiger partial charge on any atom is -0.381 e. The van der Waals surface area contributed by atoms with E-state index in [2.05, 4.69) is 24.2 Å². The van der Waals surface area contributed by atoms with E-state index in [9.17, 15) is 0 Å². The van der Waals surface area contributed by atoms with Gasteiger partial charge in [0, 0.05) is 31.8 Å². The van der Waals surface area contributed by atoms with Gasteiger partial charge in [-0.05, 0) is 45.2 Å². The molecule has 1 saturated heterocycles. The summed E-state index contributed by atoms with van der Waals surface area (Å²) in [7, 11) is 2.32. The molecule has 0 aromatic rings. The van der Waals surface area contributed by atoms with E-state index in [1.54, 1.807) is 0 Å². The third-order valence-corrected chi connectivity index (χ3v) is 4.40. The minimum absolute atomic E-state index is 0.727. The predicted molar refractivity (Wildman–Crippen MR) is 71.3 cm³/mol. The van der Waals surface area contributed by atoms with Crippen molar-refractivity contribution in [1.82, 2.24) is 10.2 Å². The van der Waals surface area contributed by atoms with E-state index in [1.807, 2.05) is 0 Å². The molecule has 17 heavy (non-hydrogen) atoms. The molecule has 1 N–H and O–H groups in total. The number of nitrogens with zero attached hydrogens (tertiary/aromatic N) is 1. The average molecular weight is 240 g/mol. The number of ether oxygens (including phenoxy) is 1. The molecule has 0 spiro atoms. The molecule has 1 aliphatic carbocycles. The van der Waals surface area contributed by atoms with Crippen LogP contribution in [0.15, 0.2) is 0 Å². The Morgan fingerprint density at radius 2 is 1.94 bits per heavy atom. The largest absolute Gasteiger partial charge is 0.381 e. The van der Waals surface area contributed by atoms with Crippen LogP contribution in [-0.4, -0.2) is 50.3 Å². The van der Waals surface area contributed by atoms with Crippen LogP contribution in [0.2, 0.25) is 0 Å². The highest BCUT2D eigenvalue weighted by atomic mass is 16.5. The molecule has 0 aromatic heterocycles. The molecule has 100 valence electrons. The molecule has 2 unspecified atom stereocenters. The van der Waals surface area contributed by atoms with Crippen LogP contribution in [0, 0.1) is 5.92 Å². The molecule has 3 heteroatoms. The Balaban J connectivity index is 1.79. The fourth-order valence-corrected chi connectivity index (χ4v) is 3.44. The molecule has 1 saturated carbocycles. The Morgan fingerprint density at radius 3 is 2.65 bits per heavy atom. The molecule has 2 rings (SSSR count). The van der Waals surface area contributed by atoms with Gasteiger partial charge in [0.2, 0.25) is 0 Å². The Labute approximate surface area is 106 Å². The molecule has 0 amide bonds. The molecule has 1 aliphatic heterocycles. The van der Waals surface area contributed by atoms with Gasteiger partial charge in [-0.1, -0.05) is 13.3 Å². The summed E-state index contributed by atoms with van der Waals surface area (Å²) in [5.41, 5.74) is 0. The van der Waals surface area contributed by atoms with Gasteiger partial charge in [-0.3, -0.25) is 0 Å². The molecule has 1 heterocycles. The van der Waals surface area contributed by atoms with Crippen molar-refractivity contribution in [1.29, 1.82) is 0 Å². The van der Waals surface area contributed by atoms with Crippen molar-refractivity contribution in [3.05, 3.63) is 0 Å². The van der Waals surface area contributed by atoms with Crippen LogP contribution in [0.5, 0.6) is 0 Å². The molecule has 3 nitrogen and oxygen atoms in total. The summed E-state index contributed by atoms with van der Waals surface area (Å²) in [6.45, 7) is 6.52. The van der Waals surface area contributed by atoms with Crippen molar-refractivity contribution in [2.45, 2.75) is 51.1 Å². The van der Waals surface area contributed by atoms with Crippen LogP contribution in [-0.2, 0) is 4.74 Å². The van der Waals surface area contributed by atoms with Crippen molar-refractivity contribution in [2.24, 2.45) is 5.92 Å². The molecule has 2 aliphatic rings. The van der Waals surface area contributed by atoms with Crippen LogP contribution in [0.4, 0.5) is 0 Å². The fourth-order valence-electron chi connectivity index (χ4n) is 3.44. The number of nitrogens with one attached hydrogen (secondary N) is 1. The second-order valence-electron chi connectivity index (χ2n) is 5.66. The molecule has 0 bridgehead atoms. The smallest absolute Gasteiger partial charge is 0.0469 e. The quantitative estimate of drug-likeness (QED) is 0.794. The van der Waals surface area contributed by atoms with Gasteiger partial charge in [-0.15, -0.1) is 0 Å². The second-order valence-corrected chi connectivity index (χ2v) is 5.66. The number of likely N-dealkylation sites (N-methyl/N-ethyl adjacent to an activating group) is 2. The average Bonchev–Trinajstić information content (AvgIpc) is 2.79. The number of hydrogen-bond acceptors (Lipinski definition) is 3. The van der Waals surface area contributed by atoms with Gasteiger partial charge < -0.3 is 15.0 Å². The SMILES string of the molecule is CCNC1CCCC1N(C)CC1CCOCC1. The van der Waals surface area contributed by atoms with Crippen LogP contribution < -0.4 is 5.32 Å². The number of rotatable bonds is 5. The maximum absolute atomic E-state index is 5.44. The van der Waals surface area contributed by atoms with Gasteiger partial charge in [-0.25, -0.2) is 0 Å². The maximum atomic E-state index is 5.44. The highest BCUT2D eigenvalue weighted by Crippen LogP contribution is 2.25. The second kappa shape index (κ2) is 6.72. The summed E-state index contributed by atoms with van der Waals surface area (Å²) in [6, 6.07) is 1.49. The first kappa shape index (κ1) is 13.3. The van der Waals surface area contributed by atoms with Gasteiger partial charge in [-0.2, -0.15) is 0 Å². The van der Waals surface area contributed by atoms with Gasteiger partial charge in [0.05, 0.1) is 0 Å². The van der Waals surface area contributed by atoms with Crippen molar-refractivity contribution < 1.29 is 4.74 Å². The van der Waals surface area contributed by atoms with Gasteiger partial charge in [0.1, 0.15) is 0 Å². The molecular weight excluding hydrogens is 212 g/mol. The summed E-state index contributed by atoms with van der Waals surface area (Å²) in [5.74, 6) is 0.858. The van der Waals surface area contributed by atoms with E-state index < -0.39 is 0 Å². The van der Waals surface area contributed by atoms with Crippen LogP contribution in [0.25, 0.3) is 0 Å². The Bertz CT molecular complexity index is 216. The Hall–Kier alpha value is -0.120. The standard InChI is InChI=1S/C14H28N2O/c1-3-15-13-5-4-6-14(13)16(2)11-12-7-9-17-10-8-12/h12-15H,3-11H2,1-2H3. The molecule has 2 fully saturated rings. The summed E-state index contributed by atoms with van der Waals surface area (Å²) in [5, 5.41) is 3.65. The topological polar surface area (TPSA) is 24.5 Å². The minimum atomic E-state index is 0.727. The third kappa shape index (κ3) is 3.67. The zero-order valence-electron chi connectivity index (χ0n) is 11.5. The van der Waals surface area contributed by atoms with Gasteiger partial charge in [0.25, 0.3) is 0 Å². The zero-order chi connectivity index (χ0) is 12.1. The van der Waals surface area contributed by atoms with Crippen LogP contribution in [0.3, 0.4) is 0 Å². The van der Waals surface area contributed by atoms with E-state index >= 15 is 0 Å². The van der Waals surface area contributed by atoms with E-state index in [0.29, 0.717) is 0 Å². The first-order valence-corrected chi connectivity index (χ1v) is 7.32. The molecular formula is C14H28N2O. The van der Waals surface area contributed by atoms with Crippen LogP contribution >= 0.6 is 0 Å². The molecule has 0 aromatic carbocycles. The normalized spacial score (nSPS) is 31.2. The summed E-state index contributed by atoms with van der Waals surface area (Å²) in [6.07, 6.45) is 6.63. The molecule has 0 radical (unpaired) electrons. The van der Waals surface area contributed by atoms with E-state index in [1.165, 1.54) is 38.6 Å². The monoisotopic (exact) mass is 240 g/mol. The summed E-state index contributed by atoms with van der Waals surface area (Å²) < 4.78 is 5.44. The lowest BCUT2D eigenvalue weighted by Crippen LogP contribution is -2.47. The zero-order valence-corrected chi connectivity index (χ0v) is 11.5. The first-order valence-electron chi connectivity index (χ1n) is 7.32. The van der Waals surface area contributed by atoms with E-state index in [0.717, 1.165) is 37.8 Å². The fraction of sp³-hybridized carbons (Fsp3) is 1.00. The Morgan fingerprint density at radius 1 is 1.18 bits per heavy atom. The maximum Gasteiger partial charge on any atom is 0.0469 e. The summed E-state index contributed by atoms with van der Waals surface area (Å²) >= 11 is 0. The first-order chi connectivity index (χ1) is 8.31. The van der Waals surface area contributed by atoms with E-state index in [-0.39, 0.29) is 0 Å². The Kier molecular flexibility index (Phi) is 5.26. The molecule has 2 atom stereocenters. The summed E-state index contributed by atoms with van der Waals surface area (Å²) in [4.78, 5) is 2.61. The van der Waals surface area contributed by atoms with Crippen molar-refractivity contribution in [3.8, 4) is 0 Å². The highest BCUT2D eigenvalue weighted by molar-refractivity contribution is 4.89. The lowest BCUT2D eigenvalue weighted by atomic mass is 9.98.